The van der Waals surface area contributed by atoms with Gasteiger partial charge in [-0.3, -0.25) is 14.6 Å². The van der Waals surface area contributed by atoms with E-state index in [1.54, 1.807) is 12.1 Å². The maximum atomic E-state index is 13.9. The fraction of sp³-hybridized carbons (Fsp3) is 0.450. The summed E-state index contributed by atoms with van der Waals surface area (Å²) in [6.45, 7) is 4.97. The van der Waals surface area contributed by atoms with Crippen LogP contribution in [-0.2, 0) is 11.3 Å². The molecule has 0 bridgehead atoms. The van der Waals surface area contributed by atoms with E-state index in [0.29, 0.717) is 18.8 Å². The number of hydrogen-bond donors (Lipinski definition) is 1. The molecule has 146 valence electrons. The monoisotopic (exact) mass is 378 g/mol. The first kappa shape index (κ1) is 19.5. The third kappa shape index (κ3) is 4.73. The highest BCUT2D eigenvalue weighted by molar-refractivity contribution is 5.69. The molecule has 0 amide bonds. The van der Waals surface area contributed by atoms with Crippen LogP contribution in [0.3, 0.4) is 0 Å². The van der Waals surface area contributed by atoms with E-state index in [4.69, 9.17) is 9.52 Å². The van der Waals surface area contributed by atoms with Gasteiger partial charge in [-0.15, -0.1) is 0 Å². The fourth-order valence-corrected chi connectivity index (χ4v) is 3.67. The van der Waals surface area contributed by atoms with Gasteiger partial charge in [0, 0.05) is 19.1 Å². The number of likely N-dealkylation sites (tertiary alicyclic amines) is 1. The number of hydrogen-bond acceptors (Lipinski definition) is 4. The zero-order chi connectivity index (χ0) is 19.4. The van der Waals surface area contributed by atoms with Gasteiger partial charge in [-0.1, -0.05) is 13.0 Å². The number of carbonyl (C=O) groups is 1. The van der Waals surface area contributed by atoms with Crippen molar-refractivity contribution in [3.63, 3.8) is 0 Å². The Bertz CT molecular complexity index is 765. The molecule has 0 saturated carbocycles. The molecular formula is C20H24F2N2O3. The zero-order valence-electron chi connectivity index (χ0n) is 15.3. The van der Waals surface area contributed by atoms with E-state index in [2.05, 4.69) is 4.90 Å². The van der Waals surface area contributed by atoms with Gasteiger partial charge in [-0.2, -0.15) is 0 Å². The number of nitrogens with zero attached hydrogens (tertiary/aromatic N) is 2. The number of carboxylic acids is 1. The lowest BCUT2D eigenvalue weighted by Crippen LogP contribution is -2.46. The molecule has 1 aromatic carbocycles. The number of piperidine rings is 1. The number of aliphatic carboxylic acids is 1. The molecule has 0 spiro atoms. The standard InChI is InChI=1S/C20H24F2N2O3/c1-2-24(13-19(25)26)14-8-10-23(11-9-14)12-15-6-7-18(27-15)20-16(21)4-3-5-17(20)22/h3-7,14H,2,8-13H2,1H3,(H,25,26). The van der Waals surface area contributed by atoms with Crippen molar-refractivity contribution >= 4 is 5.97 Å². The van der Waals surface area contributed by atoms with Gasteiger partial charge in [-0.25, -0.2) is 8.78 Å². The first-order chi connectivity index (χ1) is 13.0. The largest absolute Gasteiger partial charge is 0.480 e. The maximum absolute atomic E-state index is 13.9. The van der Waals surface area contributed by atoms with Crippen LogP contribution in [0.15, 0.2) is 34.7 Å². The Morgan fingerprint density at radius 3 is 2.48 bits per heavy atom. The van der Waals surface area contributed by atoms with Crippen LogP contribution >= 0.6 is 0 Å². The van der Waals surface area contributed by atoms with Crippen LogP contribution in [-0.4, -0.2) is 53.1 Å². The molecule has 1 saturated heterocycles. The van der Waals surface area contributed by atoms with Crippen molar-refractivity contribution in [2.24, 2.45) is 0 Å². The van der Waals surface area contributed by atoms with Crippen LogP contribution in [0.1, 0.15) is 25.5 Å². The van der Waals surface area contributed by atoms with Crippen LogP contribution < -0.4 is 0 Å². The lowest BCUT2D eigenvalue weighted by molar-refractivity contribution is -0.139. The van der Waals surface area contributed by atoms with Crippen LogP contribution in [0, 0.1) is 11.6 Å². The SMILES string of the molecule is CCN(CC(=O)O)C1CCN(Cc2ccc(-c3c(F)cccc3F)o2)CC1. The van der Waals surface area contributed by atoms with E-state index in [0.717, 1.165) is 25.9 Å². The van der Waals surface area contributed by atoms with Gasteiger partial charge < -0.3 is 9.52 Å². The Hall–Kier alpha value is -2.25. The van der Waals surface area contributed by atoms with Crippen molar-refractivity contribution in [2.45, 2.75) is 32.4 Å². The first-order valence-corrected chi connectivity index (χ1v) is 9.19. The second-order valence-corrected chi connectivity index (χ2v) is 6.83. The summed E-state index contributed by atoms with van der Waals surface area (Å²) in [5, 5.41) is 9.01. The molecule has 27 heavy (non-hydrogen) atoms. The molecule has 5 nitrogen and oxygen atoms in total. The average Bonchev–Trinajstić information content (AvgIpc) is 3.08. The number of halogens is 2. The minimum atomic E-state index is -0.803. The summed E-state index contributed by atoms with van der Waals surface area (Å²) in [6, 6.07) is 7.35. The summed E-state index contributed by atoms with van der Waals surface area (Å²) >= 11 is 0. The predicted octanol–water partition coefficient (Wildman–Crippen LogP) is 3.60. The molecule has 0 atom stereocenters. The van der Waals surface area contributed by atoms with E-state index in [1.807, 2.05) is 11.8 Å². The second-order valence-electron chi connectivity index (χ2n) is 6.83. The van der Waals surface area contributed by atoms with Gasteiger partial charge in [0.25, 0.3) is 0 Å². The minimum absolute atomic E-state index is 0.0664. The smallest absolute Gasteiger partial charge is 0.317 e. The van der Waals surface area contributed by atoms with Crippen molar-refractivity contribution in [1.29, 1.82) is 0 Å². The first-order valence-electron chi connectivity index (χ1n) is 9.19. The second kappa shape index (κ2) is 8.63. The summed E-state index contributed by atoms with van der Waals surface area (Å²) in [6.07, 6.45) is 1.77. The third-order valence-electron chi connectivity index (χ3n) is 5.07. The molecular weight excluding hydrogens is 354 g/mol. The third-order valence-corrected chi connectivity index (χ3v) is 5.07. The Morgan fingerprint density at radius 2 is 1.89 bits per heavy atom. The van der Waals surface area contributed by atoms with Gasteiger partial charge in [-0.05, 0) is 43.7 Å². The molecule has 7 heteroatoms. The van der Waals surface area contributed by atoms with Crippen molar-refractivity contribution in [3.05, 3.63) is 47.7 Å². The van der Waals surface area contributed by atoms with E-state index in [-0.39, 0.29) is 23.9 Å². The van der Waals surface area contributed by atoms with E-state index < -0.39 is 17.6 Å². The molecule has 1 aliphatic rings. The summed E-state index contributed by atoms with van der Waals surface area (Å²) in [7, 11) is 0. The molecule has 3 rings (SSSR count). The molecule has 0 aliphatic carbocycles. The van der Waals surface area contributed by atoms with Crippen LogP contribution in [0.25, 0.3) is 11.3 Å². The van der Waals surface area contributed by atoms with Crippen LogP contribution in [0.4, 0.5) is 8.78 Å². The highest BCUT2D eigenvalue weighted by Gasteiger charge is 2.25. The highest BCUT2D eigenvalue weighted by atomic mass is 19.1. The summed E-state index contributed by atoms with van der Waals surface area (Å²) in [5.74, 6) is -1.24. The number of furan rings is 1. The lowest BCUT2D eigenvalue weighted by Gasteiger charge is -2.37. The summed E-state index contributed by atoms with van der Waals surface area (Å²) in [4.78, 5) is 15.2. The number of likely N-dealkylation sites (N-methyl/N-ethyl adjacent to an activating group) is 1. The molecule has 2 aromatic rings. The molecule has 0 unspecified atom stereocenters. The number of carboxylic acid groups (broad SMARTS) is 1. The Kier molecular flexibility index (Phi) is 6.23. The lowest BCUT2D eigenvalue weighted by atomic mass is 10.0. The quantitative estimate of drug-likeness (QED) is 0.798. The predicted molar refractivity (Wildman–Crippen MR) is 97.2 cm³/mol. The highest BCUT2D eigenvalue weighted by Crippen LogP contribution is 2.28. The van der Waals surface area contributed by atoms with Crippen molar-refractivity contribution in [2.75, 3.05) is 26.2 Å². The van der Waals surface area contributed by atoms with Crippen molar-refractivity contribution < 1.29 is 23.1 Å². The van der Waals surface area contributed by atoms with E-state index in [1.165, 1.54) is 18.2 Å². The van der Waals surface area contributed by atoms with Crippen molar-refractivity contribution in [3.8, 4) is 11.3 Å². The Morgan fingerprint density at radius 1 is 1.22 bits per heavy atom. The molecule has 1 aliphatic heterocycles. The van der Waals surface area contributed by atoms with Gasteiger partial charge in [0.2, 0.25) is 0 Å². The topological polar surface area (TPSA) is 56.9 Å². The van der Waals surface area contributed by atoms with E-state index >= 15 is 0 Å². The van der Waals surface area contributed by atoms with E-state index in [9.17, 15) is 13.6 Å². The summed E-state index contributed by atoms with van der Waals surface area (Å²) in [5.41, 5.74) is -0.144. The molecule has 1 fully saturated rings. The van der Waals surface area contributed by atoms with Gasteiger partial charge >= 0.3 is 5.97 Å². The molecule has 0 radical (unpaired) electrons. The van der Waals surface area contributed by atoms with Crippen molar-refractivity contribution in [1.82, 2.24) is 9.80 Å². The van der Waals surface area contributed by atoms with Crippen LogP contribution in [0.5, 0.6) is 0 Å². The van der Waals surface area contributed by atoms with Gasteiger partial charge in [0.15, 0.2) is 0 Å². The fourth-order valence-electron chi connectivity index (χ4n) is 3.67. The molecule has 1 N–H and O–H groups in total. The maximum Gasteiger partial charge on any atom is 0.317 e. The Balaban J connectivity index is 1.59. The summed E-state index contributed by atoms with van der Waals surface area (Å²) < 4.78 is 33.5. The van der Waals surface area contributed by atoms with Gasteiger partial charge in [0.05, 0.1) is 18.7 Å². The molecule has 1 aromatic heterocycles. The number of rotatable bonds is 7. The van der Waals surface area contributed by atoms with Crippen LogP contribution in [0.2, 0.25) is 0 Å². The normalized spacial score (nSPS) is 16.1. The molecule has 2 heterocycles. The minimum Gasteiger partial charge on any atom is -0.480 e. The average molecular weight is 378 g/mol. The zero-order valence-corrected chi connectivity index (χ0v) is 15.3. The number of benzene rings is 1. The van der Waals surface area contributed by atoms with Gasteiger partial charge in [0.1, 0.15) is 23.2 Å². The Labute approximate surface area is 157 Å².